The van der Waals surface area contributed by atoms with Crippen LogP contribution in [0.5, 0.6) is 0 Å². The zero-order chi connectivity index (χ0) is 12.1. The van der Waals surface area contributed by atoms with Gasteiger partial charge < -0.3 is 19.3 Å². The van der Waals surface area contributed by atoms with Gasteiger partial charge in [-0.1, -0.05) is 32.1 Å². The number of rotatable bonds is 7. The third-order valence-corrected chi connectivity index (χ3v) is 3.73. The summed E-state index contributed by atoms with van der Waals surface area (Å²) in [5.41, 5.74) is 0. The number of hydrogen-bond donors (Lipinski definition) is 1. The summed E-state index contributed by atoms with van der Waals surface area (Å²) in [6, 6.07) is 0. The van der Waals surface area contributed by atoms with Crippen LogP contribution < -0.4 is 0 Å². The largest absolute Gasteiger partial charge is 0.390 e. The Labute approximate surface area is 103 Å². The van der Waals surface area contributed by atoms with Crippen LogP contribution in [0.1, 0.15) is 38.5 Å². The number of hydrogen-bond acceptors (Lipinski definition) is 4. The summed E-state index contributed by atoms with van der Waals surface area (Å²) in [5, 5.41) is 10.0. The van der Waals surface area contributed by atoms with Gasteiger partial charge in [0, 0.05) is 7.11 Å². The molecule has 0 bridgehead atoms. The number of aliphatic hydroxyl groups is 1. The number of ether oxygens (including phenoxy) is 3. The van der Waals surface area contributed by atoms with Gasteiger partial charge in [0.15, 0.2) is 6.29 Å². The number of epoxide rings is 1. The maximum atomic E-state index is 10.0. The van der Waals surface area contributed by atoms with Gasteiger partial charge in [0.1, 0.15) is 6.10 Å². The molecule has 1 aliphatic carbocycles. The third kappa shape index (κ3) is 4.21. The Balaban J connectivity index is 1.59. The average molecular weight is 244 g/mol. The Morgan fingerprint density at radius 1 is 1.24 bits per heavy atom. The summed E-state index contributed by atoms with van der Waals surface area (Å²) in [6.45, 7) is 1.11. The van der Waals surface area contributed by atoms with Crippen molar-refractivity contribution in [3.05, 3.63) is 0 Å². The van der Waals surface area contributed by atoms with Gasteiger partial charge in [0.25, 0.3) is 0 Å². The zero-order valence-corrected chi connectivity index (χ0v) is 10.6. The van der Waals surface area contributed by atoms with Crippen LogP contribution in [0.25, 0.3) is 0 Å². The Bertz CT molecular complexity index is 215. The molecule has 1 heterocycles. The first-order chi connectivity index (χ1) is 8.31. The molecule has 0 spiro atoms. The Kier molecular flexibility index (Phi) is 5.22. The first-order valence-corrected chi connectivity index (χ1v) is 6.75. The van der Waals surface area contributed by atoms with Crippen molar-refractivity contribution in [1.29, 1.82) is 0 Å². The van der Waals surface area contributed by atoms with Crippen molar-refractivity contribution in [2.45, 2.75) is 57.0 Å². The van der Waals surface area contributed by atoms with Gasteiger partial charge in [-0.3, -0.25) is 0 Å². The van der Waals surface area contributed by atoms with Gasteiger partial charge in [-0.2, -0.15) is 0 Å². The van der Waals surface area contributed by atoms with Gasteiger partial charge in [0.05, 0.1) is 19.3 Å². The lowest BCUT2D eigenvalue weighted by molar-refractivity contribution is 0.0164. The molecule has 100 valence electrons. The van der Waals surface area contributed by atoms with Gasteiger partial charge >= 0.3 is 0 Å². The van der Waals surface area contributed by atoms with E-state index in [4.69, 9.17) is 14.2 Å². The minimum absolute atomic E-state index is 0.103. The van der Waals surface area contributed by atoms with Crippen LogP contribution in [0, 0.1) is 5.92 Å². The van der Waals surface area contributed by atoms with Crippen LogP contribution in [0.4, 0.5) is 0 Å². The molecule has 1 N–H and O–H groups in total. The van der Waals surface area contributed by atoms with Crippen molar-refractivity contribution in [3.8, 4) is 0 Å². The predicted octanol–water partition coefficient (Wildman–Crippen LogP) is 1.71. The Morgan fingerprint density at radius 3 is 2.71 bits per heavy atom. The van der Waals surface area contributed by atoms with E-state index in [2.05, 4.69) is 0 Å². The molecule has 17 heavy (non-hydrogen) atoms. The molecule has 1 saturated heterocycles. The highest BCUT2D eigenvalue weighted by Crippen LogP contribution is 2.33. The van der Waals surface area contributed by atoms with Crippen LogP contribution in [0.2, 0.25) is 0 Å². The molecule has 4 nitrogen and oxygen atoms in total. The van der Waals surface area contributed by atoms with Gasteiger partial charge in [-0.15, -0.1) is 0 Å². The van der Waals surface area contributed by atoms with Crippen molar-refractivity contribution in [2.75, 3.05) is 20.3 Å². The molecule has 1 saturated carbocycles. The van der Waals surface area contributed by atoms with Crippen molar-refractivity contribution >= 4 is 0 Å². The second kappa shape index (κ2) is 6.69. The van der Waals surface area contributed by atoms with Crippen molar-refractivity contribution in [3.63, 3.8) is 0 Å². The molecule has 4 heteroatoms. The second-order valence-corrected chi connectivity index (χ2v) is 5.14. The van der Waals surface area contributed by atoms with E-state index in [0.717, 1.165) is 6.42 Å². The lowest BCUT2D eigenvalue weighted by Gasteiger charge is -2.23. The Morgan fingerprint density at radius 2 is 2.00 bits per heavy atom. The highest BCUT2D eigenvalue weighted by atomic mass is 16.8. The predicted molar refractivity (Wildman–Crippen MR) is 63.7 cm³/mol. The molecule has 0 aromatic rings. The van der Waals surface area contributed by atoms with Gasteiger partial charge in [-0.05, 0) is 12.3 Å². The fraction of sp³-hybridized carbons (Fsp3) is 1.00. The molecule has 0 amide bonds. The zero-order valence-electron chi connectivity index (χ0n) is 10.6. The lowest BCUT2D eigenvalue weighted by Crippen LogP contribution is -2.23. The smallest absolute Gasteiger partial charge is 0.187 e. The maximum Gasteiger partial charge on any atom is 0.187 e. The molecular formula is C13H24O4. The number of aliphatic hydroxyl groups excluding tert-OH is 1. The topological polar surface area (TPSA) is 51.2 Å². The van der Waals surface area contributed by atoms with E-state index in [1.807, 2.05) is 0 Å². The van der Waals surface area contributed by atoms with Crippen molar-refractivity contribution in [2.24, 2.45) is 5.92 Å². The van der Waals surface area contributed by atoms with E-state index >= 15 is 0 Å². The van der Waals surface area contributed by atoms with E-state index in [0.29, 0.717) is 19.1 Å². The monoisotopic (exact) mass is 244 g/mol. The van der Waals surface area contributed by atoms with Gasteiger partial charge in [-0.25, -0.2) is 0 Å². The van der Waals surface area contributed by atoms with Gasteiger partial charge in [0.2, 0.25) is 0 Å². The van der Waals surface area contributed by atoms with Crippen LogP contribution in [0.3, 0.4) is 0 Å². The molecule has 2 aliphatic rings. The van der Waals surface area contributed by atoms with E-state index < -0.39 is 0 Å². The fourth-order valence-electron chi connectivity index (χ4n) is 2.66. The second-order valence-electron chi connectivity index (χ2n) is 5.14. The molecule has 2 fully saturated rings. The molecule has 0 aromatic carbocycles. The molecular weight excluding hydrogens is 220 g/mol. The van der Waals surface area contributed by atoms with Crippen LogP contribution in [-0.2, 0) is 14.2 Å². The summed E-state index contributed by atoms with van der Waals surface area (Å²) in [5.74, 6) is 0.683. The normalized spacial score (nSPS) is 31.4. The van der Waals surface area contributed by atoms with E-state index in [-0.39, 0.29) is 18.5 Å². The number of methoxy groups -OCH3 is 1. The summed E-state index contributed by atoms with van der Waals surface area (Å²) >= 11 is 0. The fourth-order valence-corrected chi connectivity index (χ4v) is 2.66. The van der Waals surface area contributed by atoms with Crippen LogP contribution >= 0.6 is 0 Å². The van der Waals surface area contributed by atoms with Crippen molar-refractivity contribution < 1.29 is 19.3 Å². The molecule has 1 aliphatic heterocycles. The first kappa shape index (κ1) is 13.3. The summed E-state index contributed by atoms with van der Waals surface area (Å²) < 4.78 is 15.6. The minimum Gasteiger partial charge on any atom is -0.390 e. The summed E-state index contributed by atoms with van der Waals surface area (Å²) in [4.78, 5) is 0. The van der Waals surface area contributed by atoms with Crippen LogP contribution in [-0.4, -0.2) is 43.9 Å². The highest BCUT2D eigenvalue weighted by Gasteiger charge is 2.45. The van der Waals surface area contributed by atoms with Crippen LogP contribution in [0.15, 0.2) is 0 Å². The first-order valence-electron chi connectivity index (χ1n) is 6.75. The average Bonchev–Trinajstić information content (AvgIpc) is 3.10. The standard InChI is InChI=1S/C13H24O4/c1-15-7-8-16-13-12(17-13)11(14)9-10-5-3-2-4-6-10/h10-14H,2-9H2,1H3/t11?,12?,13-/m0/s1. The Hall–Kier alpha value is -0.160. The van der Waals surface area contributed by atoms with E-state index in [1.165, 1.54) is 32.1 Å². The molecule has 2 rings (SSSR count). The van der Waals surface area contributed by atoms with E-state index in [9.17, 15) is 5.11 Å². The SMILES string of the molecule is COCCO[C@H]1OC1C(O)CC1CCCCC1. The lowest BCUT2D eigenvalue weighted by atomic mass is 9.85. The molecule has 0 aromatic heterocycles. The minimum atomic E-state index is -0.356. The molecule has 0 radical (unpaired) electrons. The third-order valence-electron chi connectivity index (χ3n) is 3.73. The summed E-state index contributed by atoms with van der Waals surface area (Å²) in [6.07, 6.45) is 6.72. The summed E-state index contributed by atoms with van der Waals surface area (Å²) in [7, 11) is 1.65. The highest BCUT2D eigenvalue weighted by molar-refractivity contribution is 4.86. The van der Waals surface area contributed by atoms with E-state index in [1.54, 1.807) is 7.11 Å². The maximum absolute atomic E-state index is 10.0. The van der Waals surface area contributed by atoms with Crippen molar-refractivity contribution in [1.82, 2.24) is 0 Å². The molecule has 2 unspecified atom stereocenters. The molecule has 3 atom stereocenters. The quantitative estimate of drug-likeness (QED) is 0.547.